The second kappa shape index (κ2) is 4.00. The molecule has 2 N–H and O–H groups in total. The van der Waals surface area contributed by atoms with Crippen LogP contribution in [0.15, 0.2) is 22.7 Å². The zero-order valence-electron chi connectivity index (χ0n) is 8.94. The van der Waals surface area contributed by atoms with Gasteiger partial charge in [-0.15, -0.1) is 5.10 Å². The zero-order valence-corrected chi connectivity index (χ0v) is 8.94. The molecule has 0 spiro atoms. The molecule has 0 aromatic carbocycles. The number of nitrogens with one attached hydrogen (secondary N) is 2. The molecule has 0 unspecified atom stereocenters. The van der Waals surface area contributed by atoms with Crippen molar-refractivity contribution in [2.45, 2.75) is 31.7 Å². The summed E-state index contributed by atoms with van der Waals surface area (Å²) in [6, 6.07) is 4.84. The van der Waals surface area contributed by atoms with Crippen LogP contribution in [-0.2, 0) is 0 Å². The van der Waals surface area contributed by atoms with Gasteiger partial charge in [-0.05, 0) is 25.0 Å². The molecule has 0 radical (unpaired) electrons. The zero-order chi connectivity index (χ0) is 10.8. The van der Waals surface area contributed by atoms with Gasteiger partial charge in [0.1, 0.15) is 5.69 Å². The van der Waals surface area contributed by atoms with Crippen LogP contribution in [0.4, 0.5) is 6.01 Å². The molecule has 0 bridgehead atoms. The molecule has 3 rings (SSSR count). The van der Waals surface area contributed by atoms with Crippen LogP contribution in [0.2, 0.25) is 0 Å². The summed E-state index contributed by atoms with van der Waals surface area (Å²) in [7, 11) is 0. The Morgan fingerprint density at radius 1 is 1.31 bits per heavy atom. The third kappa shape index (κ3) is 1.80. The number of hydrogen-bond donors (Lipinski definition) is 2. The average molecular weight is 218 g/mol. The highest BCUT2D eigenvalue weighted by molar-refractivity contribution is 5.47. The predicted octanol–water partition coefficient (Wildman–Crippen LogP) is 2.42. The lowest BCUT2D eigenvalue weighted by Gasteiger charge is -2.07. The van der Waals surface area contributed by atoms with Gasteiger partial charge in [-0.2, -0.15) is 0 Å². The fourth-order valence-electron chi connectivity index (χ4n) is 2.10. The Balaban J connectivity index is 1.72. The minimum absolute atomic E-state index is 0.497. The number of aromatic amines is 1. The first-order valence-corrected chi connectivity index (χ1v) is 5.65. The first kappa shape index (κ1) is 9.45. The van der Waals surface area contributed by atoms with E-state index in [1.165, 1.54) is 25.7 Å². The van der Waals surface area contributed by atoms with Crippen molar-refractivity contribution in [2.75, 3.05) is 5.32 Å². The summed E-state index contributed by atoms with van der Waals surface area (Å²) in [5.41, 5.74) is 0.854. The molecule has 1 aliphatic carbocycles. The van der Waals surface area contributed by atoms with Crippen molar-refractivity contribution in [3.63, 3.8) is 0 Å². The van der Waals surface area contributed by atoms with Gasteiger partial charge < -0.3 is 14.7 Å². The van der Waals surface area contributed by atoms with E-state index in [0.717, 1.165) is 5.69 Å². The van der Waals surface area contributed by atoms with Crippen LogP contribution < -0.4 is 5.32 Å². The quantitative estimate of drug-likeness (QED) is 0.830. The molecular weight excluding hydrogens is 204 g/mol. The van der Waals surface area contributed by atoms with Crippen LogP contribution in [0.25, 0.3) is 11.6 Å². The number of rotatable bonds is 3. The molecular formula is C11H14N4O. The summed E-state index contributed by atoms with van der Waals surface area (Å²) >= 11 is 0. The third-order valence-corrected chi connectivity index (χ3v) is 2.94. The van der Waals surface area contributed by atoms with E-state index < -0.39 is 0 Å². The van der Waals surface area contributed by atoms with Crippen LogP contribution in [0.5, 0.6) is 0 Å². The second-order valence-electron chi connectivity index (χ2n) is 4.12. The maximum Gasteiger partial charge on any atom is 0.316 e. The molecule has 0 saturated heterocycles. The summed E-state index contributed by atoms with van der Waals surface area (Å²) in [6.45, 7) is 0. The third-order valence-electron chi connectivity index (χ3n) is 2.94. The van der Waals surface area contributed by atoms with Gasteiger partial charge in [0.05, 0.1) is 0 Å². The lowest BCUT2D eigenvalue weighted by atomic mass is 10.3. The fourth-order valence-corrected chi connectivity index (χ4v) is 2.10. The van der Waals surface area contributed by atoms with Gasteiger partial charge in [0, 0.05) is 12.2 Å². The molecule has 1 aliphatic rings. The molecule has 5 heteroatoms. The van der Waals surface area contributed by atoms with E-state index in [1.54, 1.807) is 0 Å². The van der Waals surface area contributed by atoms with E-state index in [2.05, 4.69) is 20.5 Å². The van der Waals surface area contributed by atoms with Gasteiger partial charge >= 0.3 is 6.01 Å². The Bertz CT molecular complexity index is 442. The minimum atomic E-state index is 0.497. The average Bonchev–Trinajstić information content (AvgIpc) is 2.99. The molecule has 16 heavy (non-hydrogen) atoms. The number of aromatic nitrogens is 3. The Morgan fingerprint density at radius 2 is 2.19 bits per heavy atom. The highest BCUT2D eigenvalue weighted by atomic mass is 16.4. The molecule has 84 valence electrons. The lowest BCUT2D eigenvalue weighted by molar-refractivity contribution is 0.565. The van der Waals surface area contributed by atoms with E-state index in [9.17, 15) is 0 Å². The maximum atomic E-state index is 5.53. The Hall–Kier alpha value is -1.78. The largest absolute Gasteiger partial charge is 0.402 e. The van der Waals surface area contributed by atoms with Crippen molar-refractivity contribution in [3.05, 3.63) is 18.3 Å². The van der Waals surface area contributed by atoms with Gasteiger partial charge in [-0.3, -0.25) is 0 Å². The molecule has 2 aromatic heterocycles. The van der Waals surface area contributed by atoms with Gasteiger partial charge in [-0.25, -0.2) is 0 Å². The van der Waals surface area contributed by atoms with Crippen LogP contribution in [0, 0.1) is 0 Å². The fraction of sp³-hybridized carbons (Fsp3) is 0.455. The summed E-state index contributed by atoms with van der Waals surface area (Å²) < 4.78 is 5.53. The van der Waals surface area contributed by atoms with Crippen molar-refractivity contribution in [1.29, 1.82) is 0 Å². The normalized spacial score (nSPS) is 16.8. The van der Waals surface area contributed by atoms with E-state index >= 15 is 0 Å². The molecule has 5 nitrogen and oxygen atoms in total. The summed E-state index contributed by atoms with van der Waals surface area (Å²) in [5, 5.41) is 11.2. The number of nitrogens with zero attached hydrogens (tertiary/aromatic N) is 2. The summed E-state index contributed by atoms with van der Waals surface area (Å²) in [6.07, 6.45) is 6.80. The minimum Gasteiger partial charge on any atom is -0.402 e. The number of H-pyrrole nitrogens is 1. The van der Waals surface area contributed by atoms with Crippen molar-refractivity contribution < 1.29 is 4.42 Å². The SMILES string of the molecule is c1c[nH]c(-c2nnc(NC3CCCC3)o2)c1. The number of hydrogen-bond acceptors (Lipinski definition) is 4. The second-order valence-corrected chi connectivity index (χ2v) is 4.12. The van der Waals surface area contributed by atoms with Crippen LogP contribution in [-0.4, -0.2) is 21.2 Å². The van der Waals surface area contributed by atoms with Gasteiger partial charge in [0.2, 0.25) is 0 Å². The van der Waals surface area contributed by atoms with Crippen LogP contribution in [0.3, 0.4) is 0 Å². The molecule has 1 saturated carbocycles. The topological polar surface area (TPSA) is 66.7 Å². The lowest BCUT2D eigenvalue weighted by Crippen LogP contribution is -2.14. The van der Waals surface area contributed by atoms with Gasteiger partial charge in [0.25, 0.3) is 5.89 Å². The van der Waals surface area contributed by atoms with Crippen molar-refractivity contribution >= 4 is 6.01 Å². The van der Waals surface area contributed by atoms with Crippen LogP contribution >= 0.6 is 0 Å². The van der Waals surface area contributed by atoms with Gasteiger partial charge in [-0.1, -0.05) is 17.9 Å². The molecule has 1 fully saturated rings. The highest BCUT2D eigenvalue weighted by Crippen LogP contribution is 2.23. The van der Waals surface area contributed by atoms with Crippen molar-refractivity contribution in [2.24, 2.45) is 0 Å². The number of anilines is 1. The Labute approximate surface area is 93.3 Å². The monoisotopic (exact) mass is 218 g/mol. The van der Waals surface area contributed by atoms with Crippen molar-refractivity contribution in [3.8, 4) is 11.6 Å². The maximum absolute atomic E-state index is 5.53. The van der Waals surface area contributed by atoms with E-state index in [-0.39, 0.29) is 0 Å². The van der Waals surface area contributed by atoms with E-state index in [1.807, 2.05) is 18.3 Å². The smallest absolute Gasteiger partial charge is 0.316 e. The summed E-state index contributed by atoms with van der Waals surface area (Å²) in [5.74, 6) is 0.533. The van der Waals surface area contributed by atoms with Gasteiger partial charge in [0.15, 0.2) is 0 Å². The van der Waals surface area contributed by atoms with Crippen LogP contribution in [0.1, 0.15) is 25.7 Å². The highest BCUT2D eigenvalue weighted by Gasteiger charge is 2.17. The standard InChI is InChI=1S/C11H14N4O/c1-2-5-8(4-1)13-11-15-14-10(16-11)9-6-3-7-12-9/h3,6-8,12H,1-2,4-5H2,(H,13,15). The first-order chi connectivity index (χ1) is 7.92. The molecule has 0 aliphatic heterocycles. The Morgan fingerprint density at radius 3 is 2.94 bits per heavy atom. The molecule has 0 amide bonds. The van der Waals surface area contributed by atoms with E-state index in [4.69, 9.17) is 4.42 Å². The summed E-state index contributed by atoms with van der Waals surface area (Å²) in [4.78, 5) is 3.04. The first-order valence-electron chi connectivity index (χ1n) is 5.65. The predicted molar refractivity (Wildman–Crippen MR) is 60.0 cm³/mol. The molecule has 2 aromatic rings. The molecule has 0 atom stereocenters. The van der Waals surface area contributed by atoms with Crippen molar-refractivity contribution in [1.82, 2.24) is 15.2 Å². The molecule has 2 heterocycles. The van der Waals surface area contributed by atoms with E-state index in [0.29, 0.717) is 17.9 Å². The Kier molecular flexibility index (Phi) is 2.36.